The molecule has 0 aromatic carbocycles. The largest absolute Gasteiger partial charge is 0.291 e. The van der Waals surface area contributed by atoms with E-state index in [0.717, 1.165) is 12.8 Å². The summed E-state index contributed by atoms with van der Waals surface area (Å²) in [5, 5.41) is 0. The van der Waals surface area contributed by atoms with Gasteiger partial charge in [0.25, 0.3) is 0 Å². The molecule has 0 spiro atoms. The van der Waals surface area contributed by atoms with Crippen molar-refractivity contribution in [3.63, 3.8) is 0 Å². The van der Waals surface area contributed by atoms with Gasteiger partial charge in [0, 0.05) is 18.8 Å². The summed E-state index contributed by atoms with van der Waals surface area (Å²) in [5.41, 5.74) is 0. The fraction of sp³-hybridized carbons (Fsp3) is 0.545. The van der Waals surface area contributed by atoms with Gasteiger partial charge in [-0.2, -0.15) is 11.8 Å². The van der Waals surface area contributed by atoms with Crippen LogP contribution in [-0.4, -0.2) is 27.3 Å². The summed E-state index contributed by atoms with van der Waals surface area (Å²) >= 11 is 1.98. The minimum Gasteiger partial charge on any atom is -0.291 e. The number of carbonyl (C=O) groups is 1. The number of hydrogen-bond donors (Lipinski definition) is 0. The highest BCUT2D eigenvalue weighted by Gasteiger charge is 2.19. The van der Waals surface area contributed by atoms with Crippen LogP contribution in [0.2, 0.25) is 0 Å². The molecule has 0 aliphatic carbocycles. The molecule has 0 radical (unpaired) electrons. The SMILES string of the molecule is O=C(CC1CCSCC1)c1ncccn1. The molecule has 0 saturated carbocycles. The average molecular weight is 222 g/mol. The van der Waals surface area contributed by atoms with Gasteiger partial charge in [-0.25, -0.2) is 9.97 Å². The van der Waals surface area contributed by atoms with Crippen LogP contribution in [0.5, 0.6) is 0 Å². The van der Waals surface area contributed by atoms with Gasteiger partial charge in [0.1, 0.15) is 0 Å². The number of carbonyl (C=O) groups excluding carboxylic acids is 1. The van der Waals surface area contributed by atoms with E-state index in [0.29, 0.717) is 18.2 Å². The Kier molecular flexibility index (Phi) is 3.72. The zero-order valence-electron chi connectivity index (χ0n) is 8.56. The highest BCUT2D eigenvalue weighted by molar-refractivity contribution is 7.99. The minimum absolute atomic E-state index is 0.0903. The third-order valence-corrected chi connectivity index (χ3v) is 3.68. The van der Waals surface area contributed by atoms with E-state index in [4.69, 9.17) is 0 Å². The molecule has 0 atom stereocenters. The molecule has 1 aliphatic rings. The van der Waals surface area contributed by atoms with Gasteiger partial charge in [-0.15, -0.1) is 0 Å². The zero-order valence-corrected chi connectivity index (χ0v) is 9.37. The van der Waals surface area contributed by atoms with Crippen molar-refractivity contribution in [3.05, 3.63) is 24.3 Å². The summed E-state index contributed by atoms with van der Waals surface area (Å²) < 4.78 is 0. The first kappa shape index (κ1) is 10.6. The minimum atomic E-state index is 0.0903. The topological polar surface area (TPSA) is 42.9 Å². The van der Waals surface area contributed by atoms with Crippen LogP contribution >= 0.6 is 11.8 Å². The summed E-state index contributed by atoms with van der Waals surface area (Å²) in [6.45, 7) is 0. The van der Waals surface area contributed by atoms with Crippen LogP contribution in [0.1, 0.15) is 29.9 Å². The van der Waals surface area contributed by atoms with Gasteiger partial charge in [0.05, 0.1) is 0 Å². The molecule has 2 rings (SSSR count). The lowest BCUT2D eigenvalue weighted by atomic mass is 9.96. The Bertz CT molecular complexity index is 323. The Morgan fingerprint density at radius 1 is 1.33 bits per heavy atom. The monoisotopic (exact) mass is 222 g/mol. The van der Waals surface area contributed by atoms with E-state index in [1.165, 1.54) is 11.5 Å². The number of aromatic nitrogens is 2. The van der Waals surface area contributed by atoms with Gasteiger partial charge in [-0.05, 0) is 36.3 Å². The first-order valence-corrected chi connectivity index (χ1v) is 6.39. The first-order valence-electron chi connectivity index (χ1n) is 5.24. The molecule has 0 amide bonds. The van der Waals surface area contributed by atoms with Crippen LogP contribution in [-0.2, 0) is 0 Å². The molecule has 2 heterocycles. The van der Waals surface area contributed by atoms with Crippen LogP contribution in [0, 0.1) is 5.92 Å². The molecule has 4 heteroatoms. The van der Waals surface area contributed by atoms with Crippen molar-refractivity contribution in [3.8, 4) is 0 Å². The molecule has 80 valence electrons. The lowest BCUT2D eigenvalue weighted by Gasteiger charge is -2.19. The van der Waals surface area contributed by atoms with Gasteiger partial charge in [0.15, 0.2) is 11.6 Å². The maximum absolute atomic E-state index is 11.8. The number of nitrogens with zero attached hydrogens (tertiary/aromatic N) is 2. The lowest BCUT2D eigenvalue weighted by Crippen LogP contribution is -2.16. The second-order valence-corrected chi connectivity index (χ2v) is 4.98. The van der Waals surface area contributed by atoms with Gasteiger partial charge < -0.3 is 0 Å². The normalized spacial score (nSPS) is 17.6. The Morgan fingerprint density at radius 2 is 2.00 bits per heavy atom. The second kappa shape index (κ2) is 5.26. The number of Topliss-reactive ketones (excluding diaryl/α,β-unsaturated/α-hetero) is 1. The smallest absolute Gasteiger partial charge is 0.200 e. The number of thioether (sulfide) groups is 1. The van der Waals surface area contributed by atoms with Gasteiger partial charge in [0.2, 0.25) is 0 Å². The molecule has 0 bridgehead atoms. The summed E-state index contributed by atoms with van der Waals surface area (Å²) in [6.07, 6.45) is 6.17. The molecule has 15 heavy (non-hydrogen) atoms. The van der Waals surface area contributed by atoms with Gasteiger partial charge >= 0.3 is 0 Å². The van der Waals surface area contributed by atoms with E-state index in [1.807, 2.05) is 11.8 Å². The first-order chi connectivity index (χ1) is 7.36. The van der Waals surface area contributed by atoms with E-state index in [1.54, 1.807) is 18.5 Å². The summed E-state index contributed by atoms with van der Waals surface area (Å²) in [6, 6.07) is 1.73. The fourth-order valence-corrected chi connectivity index (χ4v) is 2.95. The highest BCUT2D eigenvalue weighted by atomic mass is 32.2. The third-order valence-electron chi connectivity index (χ3n) is 2.63. The number of hydrogen-bond acceptors (Lipinski definition) is 4. The summed E-state index contributed by atoms with van der Waals surface area (Å²) in [7, 11) is 0. The number of rotatable bonds is 3. The zero-order chi connectivity index (χ0) is 10.5. The fourth-order valence-electron chi connectivity index (χ4n) is 1.75. The molecule has 1 saturated heterocycles. The maximum Gasteiger partial charge on any atom is 0.200 e. The van der Waals surface area contributed by atoms with Crippen molar-refractivity contribution in [1.29, 1.82) is 0 Å². The molecular formula is C11H14N2OS. The second-order valence-electron chi connectivity index (χ2n) is 3.76. The molecule has 1 aromatic rings. The van der Waals surface area contributed by atoms with Gasteiger partial charge in [-0.3, -0.25) is 4.79 Å². The van der Waals surface area contributed by atoms with Crippen LogP contribution in [0.4, 0.5) is 0 Å². The molecule has 0 unspecified atom stereocenters. The van der Waals surface area contributed by atoms with Gasteiger partial charge in [-0.1, -0.05) is 0 Å². The van der Waals surface area contributed by atoms with Crippen molar-refractivity contribution in [2.75, 3.05) is 11.5 Å². The third kappa shape index (κ3) is 3.02. The van der Waals surface area contributed by atoms with E-state index < -0.39 is 0 Å². The maximum atomic E-state index is 11.8. The summed E-state index contributed by atoms with van der Waals surface area (Å²) in [4.78, 5) is 19.7. The van der Waals surface area contributed by atoms with Crippen LogP contribution < -0.4 is 0 Å². The van der Waals surface area contributed by atoms with Crippen LogP contribution in [0.3, 0.4) is 0 Å². The van der Waals surface area contributed by atoms with E-state index in [9.17, 15) is 4.79 Å². The molecule has 1 aromatic heterocycles. The van der Waals surface area contributed by atoms with E-state index >= 15 is 0 Å². The van der Waals surface area contributed by atoms with E-state index in [-0.39, 0.29) is 5.78 Å². The molecule has 1 aliphatic heterocycles. The van der Waals surface area contributed by atoms with E-state index in [2.05, 4.69) is 9.97 Å². The Hall–Kier alpha value is -0.900. The highest BCUT2D eigenvalue weighted by Crippen LogP contribution is 2.25. The quantitative estimate of drug-likeness (QED) is 0.735. The van der Waals surface area contributed by atoms with Crippen molar-refractivity contribution >= 4 is 17.5 Å². The predicted molar refractivity (Wildman–Crippen MR) is 61.0 cm³/mol. The standard InChI is InChI=1S/C11H14N2OS/c14-10(11-12-4-1-5-13-11)8-9-2-6-15-7-3-9/h1,4-5,9H,2-3,6-8H2. The summed E-state index contributed by atoms with van der Waals surface area (Å²) in [5.74, 6) is 3.38. The Balaban J connectivity index is 1.91. The molecule has 1 fully saturated rings. The van der Waals surface area contributed by atoms with Crippen molar-refractivity contribution in [2.24, 2.45) is 5.92 Å². The lowest BCUT2D eigenvalue weighted by molar-refractivity contribution is 0.0948. The van der Waals surface area contributed by atoms with Crippen LogP contribution in [0.25, 0.3) is 0 Å². The predicted octanol–water partition coefficient (Wildman–Crippen LogP) is 2.19. The molecule has 0 N–H and O–H groups in total. The Labute approximate surface area is 93.7 Å². The average Bonchev–Trinajstić information content (AvgIpc) is 2.31. The molecular weight excluding hydrogens is 208 g/mol. The van der Waals surface area contributed by atoms with Crippen LogP contribution in [0.15, 0.2) is 18.5 Å². The van der Waals surface area contributed by atoms with Crippen molar-refractivity contribution in [2.45, 2.75) is 19.3 Å². The Morgan fingerprint density at radius 3 is 2.67 bits per heavy atom. The van der Waals surface area contributed by atoms with Crippen molar-refractivity contribution in [1.82, 2.24) is 9.97 Å². The van der Waals surface area contributed by atoms with Crippen molar-refractivity contribution < 1.29 is 4.79 Å². The molecule has 3 nitrogen and oxygen atoms in total. The number of ketones is 1.